The summed E-state index contributed by atoms with van der Waals surface area (Å²) >= 11 is 2.88. The van der Waals surface area contributed by atoms with Gasteiger partial charge < -0.3 is 15.4 Å². The van der Waals surface area contributed by atoms with Gasteiger partial charge in [0, 0.05) is 21.0 Å². The lowest BCUT2D eigenvalue weighted by Gasteiger charge is -2.19. The van der Waals surface area contributed by atoms with Crippen LogP contribution in [0.4, 0.5) is 10.7 Å². The molecule has 0 fully saturated rings. The van der Waals surface area contributed by atoms with Crippen LogP contribution >= 0.6 is 23.1 Å². The summed E-state index contributed by atoms with van der Waals surface area (Å²) in [5.74, 6) is -0.281. The number of carbonyl (C=O) groups is 3. The Morgan fingerprint density at radius 2 is 1.76 bits per heavy atom. The van der Waals surface area contributed by atoms with Crippen LogP contribution in [-0.2, 0) is 22.4 Å². The molecule has 6 nitrogen and oxygen atoms in total. The van der Waals surface area contributed by atoms with Gasteiger partial charge in [0.2, 0.25) is 5.91 Å². The van der Waals surface area contributed by atoms with E-state index in [0.717, 1.165) is 45.7 Å². The molecule has 2 atom stereocenters. The number of hydrogen-bond donors (Lipinski definition) is 2. The first-order chi connectivity index (χ1) is 20.3. The maximum absolute atomic E-state index is 14.0. The van der Waals surface area contributed by atoms with Crippen molar-refractivity contribution >= 4 is 51.6 Å². The van der Waals surface area contributed by atoms with Crippen LogP contribution < -0.4 is 10.6 Å². The number of thioether (sulfide) groups is 1. The number of benzene rings is 3. The maximum Gasteiger partial charge on any atom is 0.341 e. The molecule has 0 saturated carbocycles. The van der Waals surface area contributed by atoms with Gasteiger partial charge in [-0.2, -0.15) is 0 Å². The van der Waals surface area contributed by atoms with Crippen LogP contribution in [0.3, 0.4) is 0 Å². The molecular weight excluding hydrogens is 565 g/mol. The van der Waals surface area contributed by atoms with E-state index in [0.29, 0.717) is 27.7 Å². The summed E-state index contributed by atoms with van der Waals surface area (Å²) in [5, 5.41) is 6.02. The minimum Gasteiger partial charge on any atom is -0.462 e. The second kappa shape index (κ2) is 13.4. The molecular formula is C34H34N2O4S2. The molecule has 5 rings (SSSR count). The lowest BCUT2D eigenvalue weighted by atomic mass is 9.88. The molecule has 4 aromatic rings. The Labute approximate surface area is 254 Å². The van der Waals surface area contributed by atoms with Gasteiger partial charge in [-0.1, -0.05) is 61.0 Å². The van der Waals surface area contributed by atoms with Gasteiger partial charge in [0.15, 0.2) is 0 Å². The van der Waals surface area contributed by atoms with Crippen LogP contribution in [-0.4, -0.2) is 24.4 Å². The first kappa shape index (κ1) is 29.6. The van der Waals surface area contributed by atoms with Crippen molar-refractivity contribution in [1.82, 2.24) is 0 Å². The number of thiophene rings is 1. The summed E-state index contributed by atoms with van der Waals surface area (Å²) in [6.45, 7) is 6.25. The summed E-state index contributed by atoms with van der Waals surface area (Å²) in [6, 6.07) is 24.5. The molecule has 1 aliphatic rings. The van der Waals surface area contributed by atoms with E-state index in [2.05, 4.69) is 17.6 Å². The molecule has 1 aromatic heterocycles. The average Bonchev–Trinajstić information content (AvgIpc) is 3.33. The minimum absolute atomic E-state index is 0.197. The van der Waals surface area contributed by atoms with Crippen LogP contribution in [0.5, 0.6) is 0 Å². The average molecular weight is 599 g/mol. The molecule has 3 aromatic carbocycles. The fourth-order valence-corrected chi connectivity index (χ4v) is 7.51. The number of amides is 2. The normalized spacial score (nSPS) is 14.9. The minimum atomic E-state index is -0.595. The standard InChI is InChI=1S/C34H34N2O4S2/c1-4-40-34(39)29-27-18-15-22(3)19-28(27)42-33(29)36-32(38)30(23-9-6-5-7-10-23)41-26-12-8-11-25(20-26)35-31(37)24-16-13-21(2)14-17-24/h5-14,16-17,20,22,30H,4,15,18-19H2,1-3H3,(H,35,37)(H,36,38). The Kier molecular flexibility index (Phi) is 9.45. The largest absolute Gasteiger partial charge is 0.462 e. The molecule has 1 aliphatic carbocycles. The summed E-state index contributed by atoms with van der Waals surface area (Å²) in [7, 11) is 0. The van der Waals surface area contributed by atoms with E-state index in [1.807, 2.05) is 73.7 Å². The maximum atomic E-state index is 14.0. The molecule has 0 saturated heterocycles. The van der Waals surface area contributed by atoms with Crippen LogP contribution in [0.15, 0.2) is 83.8 Å². The fourth-order valence-electron chi connectivity index (χ4n) is 5.03. The number of nitrogens with one attached hydrogen (secondary N) is 2. The summed E-state index contributed by atoms with van der Waals surface area (Å²) in [5.41, 5.74) is 4.64. The van der Waals surface area contributed by atoms with Crippen molar-refractivity contribution < 1.29 is 19.1 Å². The Hall–Kier alpha value is -3.88. The van der Waals surface area contributed by atoms with Crippen LogP contribution in [0.25, 0.3) is 0 Å². The number of anilines is 2. The zero-order valence-corrected chi connectivity index (χ0v) is 25.6. The number of esters is 1. The molecule has 216 valence electrons. The molecule has 8 heteroatoms. The van der Waals surface area contributed by atoms with Gasteiger partial charge in [0.1, 0.15) is 10.3 Å². The molecule has 42 heavy (non-hydrogen) atoms. The third-order valence-corrected chi connectivity index (χ3v) is 9.65. The fraction of sp³-hybridized carbons (Fsp3) is 0.265. The molecule has 0 radical (unpaired) electrons. The molecule has 0 bridgehead atoms. The van der Waals surface area contributed by atoms with E-state index in [-0.39, 0.29) is 24.4 Å². The smallest absolute Gasteiger partial charge is 0.341 e. The number of rotatable bonds is 9. The lowest BCUT2D eigenvalue weighted by Crippen LogP contribution is -2.20. The first-order valence-electron chi connectivity index (χ1n) is 14.1. The topological polar surface area (TPSA) is 84.5 Å². The van der Waals surface area contributed by atoms with E-state index < -0.39 is 5.25 Å². The van der Waals surface area contributed by atoms with E-state index in [1.165, 1.54) is 23.1 Å². The second-order valence-electron chi connectivity index (χ2n) is 10.5. The molecule has 0 aliphatic heterocycles. The highest BCUT2D eigenvalue weighted by molar-refractivity contribution is 8.00. The van der Waals surface area contributed by atoms with Crippen molar-refractivity contribution in [3.05, 3.63) is 112 Å². The van der Waals surface area contributed by atoms with Crippen molar-refractivity contribution in [2.24, 2.45) is 5.92 Å². The van der Waals surface area contributed by atoms with Crippen LogP contribution in [0, 0.1) is 12.8 Å². The zero-order chi connectivity index (χ0) is 29.6. The van der Waals surface area contributed by atoms with Gasteiger partial charge in [0.05, 0.1) is 12.2 Å². The Bertz CT molecular complexity index is 1580. The summed E-state index contributed by atoms with van der Waals surface area (Å²) < 4.78 is 5.40. The third kappa shape index (κ3) is 6.94. The molecule has 2 N–H and O–H groups in total. The second-order valence-corrected chi connectivity index (χ2v) is 12.8. The summed E-state index contributed by atoms with van der Waals surface area (Å²) in [4.78, 5) is 41.8. The van der Waals surface area contributed by atoms with Gasteiger partial charge in [-0.3, -0.25) is 9.59 Å². The molecule has 0 spiro atoms. The predicted octanol–water partition coefficient (Wildman–Crippen LogP) is 8.08. The van der Waals surface area contributed by atoms with Gasteiger partial charge in [0.25, 0.3) is 5.91 Å². The van der Waals surface area contributed by atoms with Gasteiger partial charge in [-0.25, -0.2) is 4.79 Å². The highest BCUT2D eigenvalue weighted by atomic mass is 32.2. The number of aryl methyl sites for hydroxylation is 1. The Morgan fingerprint density at radius 1 is 1.00 bits per heavy atom. The molecule has 1 heterocycles. The van der Waals surface area contributed by atoms with E-state index in [9.17, 15) is 14.4 Å². The van der Waals surface area contributed by atoms with Crippen molar-refractivity contribution in [3.63, 3.8) is 0 Å². The van der Waals surface area contributed by atoms with Gasteiger partial charge in [-0.15, -0.1) is 23.1 Å². The quantitative estimate of drug-likeness (QED) is 0.150. The third-order valence-electron chi connectivity index (χ3n) is 7.23. The van der Waals surface area contributed by atoms with E-state index >= 15 is 0 Å². The van der Waals surface area contributed by atoms with Crippen LogP contribution in [0.1, 0.15) is 67.8 Å². The predicted molar refractivity (Wildman–Crippen MR) is 171 cm³/mol. The van der Waals surface area contributed by atoms with Crippen molar-refractivity contribution in [2.75, 3.05) is 17.2 Å². The highest BCUT2D eigenvalue weighted by Crippen LogP contribution is 2.42. The zero-order valence-electron chi connectivity index (χ0n) is 23.9. The van der Waals surface area contributed by atoms with E-state index in [1.54, 1.807) is 19.1 Å². The number of fused-ring (bicyclic) bond motifs is 1. The van der Waals surface area contributed by atoms with Crippen LogP contribution in [0.2, 0.25) is 0 Å². The SMILES string of the molecule is CCOC(=O)c1c(NC(=O)C(Sc2cccc(NC(=O)c3ccc(C)cc3)c2)c2ccccc2)sc2c1CCC(C)C2. The van der Waals surface area contributed by atoms with Gasteiger partial charge in [-0.05, 0) is 80.5 Å². The highest BCUT2D eigenvalue weighted by Gasteiger charge is 2.31. The first-order valence-corrected chi connectivity index (χ1v) is 15.8. The number of ether oxygens (including phenoxy) is 1. The Balaban J connectivity index is 1.40. The lowest BCUT2D eigenvalue weighted by molar-refractivity contribution is -0.115. The van der Waals surface area contributed by atoms with E-state index in [4.69, 9.17) is 4.74 Å². The Morgan fingerprint density at radius 3 is 2.50 bits per heavy atom. The van der Waals surface area contributed by atoms with Crippen molar-refractivity contribution in [1.29, 1.82) is 0 Å². The molecule has 2 amide bonds. The summed E-state index contributed by atoms with van der Waals surface area (Å²) in [6.07, 6.45) is 2.69. The number of carbonyl (C=O) groups excluding carboxylic acids is 3. The molecule has 2 unspecified atom stereocenters. The van der Waals surface area contributed by atoms with Crippen molar-refractivity contribution in [3.8, 4) is 0 Å². The monoisotopic (exact) mass is 598 g/mol. The van der Waals surface area contributed by atoms with Crippen molar-refractivity contribution in [2.45, 2.75) is 50.2 Å². The number of hydrogen-bond acceptors (Lipinski definition) is 6. The van der Waals surface area contributed by atoms with Gasteiger partial charge >= 0.3 is 5.97 Å².